The molecule has 1 heterocycles. The van der Waals surface area contributed by atoms with Crippen molar-refractivity contribution in [1.82, 2.24) is 10.3 Å². The molecule has 0 saturated heterocycles. The minimum Gasteiger partial charge on any atom is -0.393 e. The largest absolute Gasteiger partial charge is 0.393 e. The Kier molecular flexibility index (Phi) is 4.24. The van der Waals surface area contributed by atoms with Crippen molar-refractivity contribution in [3.05, 3.63) is 33.7 Å². The van der Waals surface area contributed by atoms with Crippen LogP contribution in [-0.4, -0.2) is 22.4 Å². The van der Waals surface area contributed by atoms with Gasteiger partial charge in [0.05, 0.1) is 4.99 Å². The van der Waals surface area contributed by atoms with Gasteiger partial charge in [-0.3, -0.25) is 9.59 Å². The van der Waals surface area contributed by atoms with E-state index in [0.717, 1.165) is 0 Å². The monoisotopic (exact) mass is 267 g/mol. The maximum absolute atomic E-state index is 11.8. The Balaban J connectivity index is 2.78. The quantitative estimate of drug-likeness (QED) is 0.702. The van der Waals surface area contributed by atoms with E-state index < -0.39 is 11.3 Å². The Hall–Kier alpha value is -1.69. The van der Waals surface area contributed by atoms with Gasteiger partial charge in [0.1, 0.15) is 5.56 Å². The number of rotatable bonds is 4. The minimum atomic E-state index is -0.484. The fourth-order valence-electron chi connectivity index (χ4n) is 1.23. The van der Waals surface area contributed by atoms with Crippen molar-refractivity contribution in [2.45, 2.75) is 20.8 Å². The predicted molar refractivity (Wildman–Crippen MR) is 74.7 cm³/mol. The van der Waals surface area contributed by atoms with Crippen LogP contribution >= 0.6 is 12.2 Å². The van der Waals surface area contributed by atoms with E-state index in [1.54, 1.807) is 6.92 Å². The number of carbonyl (C=O) groups is 1. The summed E-state index contributed by atoms with van der Waals surface area (Å²) in [6.07, 6.45) is 1.40. The highest BCUT2D eigenvalue weighted by Gasteiger charge is 2.22. The summed E-state index contributed by atoms with van der Waals surface area (Å²) < 4.78 is 0. The molecule has 0 atom stereocenters. The van der Waals surface area contributed by atoms with Crippen LogP contribution in [0.1, 0.15) is 29.9 Å². The fraction of sp³-hybridized carbons (Fsp3) is 0.417. The molecule has 0 aliphatic heterocycles. The number of carbonyl (C=O) groups excluding carboxylic acids is 1. The lowest BCUT2D eigenvalue weighted by molar-refractivity contribution is 0.0943. The summed E-state index contributed by atoms with van der Waals surface area (Å²) in [6, 6.07) is 1.38. The Bertz CT molecular complexity index is 534. The zero-order chi connectivity index (χ0) is 13.9. The molecule has 0 aliphatic carbocycles. The minimum absolute atomic E-state index is 0.0827. The number of aromatic amines is 1. The highest BCUT2D eigenvalue weighted by molar-refractivity contribution is 7.80. The molecular weight excluding hydrogens is 250 g/mol. The van der Waals surface area contributed by atoms with Gasteiger partial charge in [0.2, 0.25) is 0 Å². The van der Waals surface area contributed by atoms with Crippen LogP contribution in [0.4, 0.5) is 0 Å². The molecule has 18 heavy (non-hydrogen) atoms. The Labute approximate surface area is 111 Å². The first kappa shape index (κ1) is 14.4. The molecule has 0 spiro atoms. The van der Waals surface area contributed by atoms with Gasteiger partial charge in [-0.15, -0.1) is 0 Å². The van der Waals surface area contributed by atoms with E-state index in [1.807, 2.05) is 13.8 Å². The zero-order valence-electron chi connectivity index (χ0n) is 10.7. The normalized spacial score (nSPS) is 11.1. The van der Waals surface area contributed by atoms with Gasteiger partial charge in [0.25, 0.3) is 5.91 Å². The number of thiocarbonyl (C=S) groups is 1. The van der Waals surface area contributed by atoms with E-state index in [2.05, 4.69) is 10.3 Å². The second-order valence-electron chi connectivity index (χ2n) is 4.82. The molecule has 0 unspecified atom stereocenters. The SMILES string of the molecule is Cc1cc(=O)c(C(=O)NCC(C)(C)C(N)=S)c[nH]1. The summed E-state index contributed by atoms with van der Waals surface area (Å²) in [5, 5.41) is 2.65. The maximum Gasteiger partial charge on any atom is 0.256 e. The van der Waals surface area contributed by atoms with Crippen LogP contribution in [0.5, 0.6) is 0 Å². The highest BCUT2D eigenvalue weighted by atomic mass is 32.1. The molecule has 0 aliphatic rings. The standard InChI is InChI=1S/C12H17N3O2S/c1-7-4-9(16)8(5-14-7)10(17)15-6-12(2,3)11(13)18/h4-5H,6H2,1-3H3,(H2,13,18)(H,14,16)(H,15,17). The number of nitrogens with two attached hydrogens (primary N) is 1. The van der Waals surface area contributed by atoms with E-state index in [4.69, 9.17) is 18.0 Å². The van der Waals surface area contributed by atoms with Crippen LogP contribution in [0.25, 0.3) is 0 Å². The molecule has 0 fully saturated rings. The number of nitrogens with one attached hydrogen (secondary N) is 2. The maximum atomic E-state index is 11.8. The van der Waals surface area contributed by atoms with Crippen LogP contribution in [-0.2, 0) is 0 Å². The number of hydrogen-bond acceptors (Lipinski definition) is 3. The van der Waals surface area contributed by atoms with Crippen LogP contribution in [0.2, 0.25) is 0 Å². The molecule has 1 rings (SSSR count). The smallest absolute Gasteiger partial charge is 0.256 e. The van der Waals surface area contributed by atoms with Crippen molar-refractivity contribution in [3.63, 3.8) is 0 Å². The van der Waals surface area contributed by atoms with Crippen molar-refractivity contribution >= 4 is 23.1 Å². The van der Waals surface area contributed by atoms with Crippen LogP contribution in [0, 0.1) is 12.3 Å². The first-order chi connectivity index (χ1) is 8.24. The third-order valence-corrected chi connectivity index (χ3v) is 3.21. The van der Waals surface area contributed by atoms with Gasteiger partial charge in [0, 0.05) is 29.9 Å². The molecule has 0 saturated carbocycles. The van der Waals surface area contributed by atoms with E-state index in [0.29, 0.717) is 10.7 Å². The second-order valence-corrected chi connectivity index (χ2v) is 5.26. The summed E-state index contributed by atoms with van der Waals surface area (Å²) in [6.45, 7) is 5.69. The van der Waals surface area contributed by atoms with E-state index in [1.165, 1.54) is 12.3 Å². The van der Waals surface area contributed by atoms with Crippen molar-refractivity contribution in [1.29, 1.82) is 0 Å². The molecule has 6 heteroatoms. The highest BCUT2D eigenvalue weighted by Crippen LogP contribution is 2.13. The van der Waals surface area contributed by atoms with Crippen molar-refractivity contribution in [2.24, 2.45) is 11.1 Å². The number of amides is 1. The summed E-state index contributed by atoms with van der Waals surface area (Å²) in [5.41, 5.74) is 5.56. The van der Waals surface area contributed by atoms with Crippen molar-refractivity contribution in [2.75, 3.05) is 6.54 Å². The number of pyridine rings is 1. The Morgan fingerprint density at radius 1 is 1.56 bits per heavy atom. The predicted octanol–water partition coefficient (Wildman–Crippen LogP) is 0.725. The molecule has 5 nitrogen and oxygen atoms in total. The molecular formula is C12H17N3O2S. The lowest BCUT2D eigenvalue weighted by atomic mass is 9.93. The fourth-order valence-corrected chi connectivity index (χ4v) is 1.31. The second kappa shape index (κ2) is 5.30. The molecule has 0 bridgehead atoms. The van der Waals surface area contributed by atoms with E-state index in [9.17, 15) is 9.59 Å². The summed E-state index contributed by atoms with van der Waals surface area (Å²) in [7, 11) is 0. The third kappa shape index (κ3) is 3.40. The van der Waals surface area contributed by atoms with Gasteiger partial charge in [0.15, 0.2) is 5.43 Å². The first-order valence-corrected chi connectivity index (χ1v) is 5.92. The average Bonchev–Trinajstić information content (AvgIpc) is 2.25. The van der Waals surface area contributed by atoms with Gasteiger partial charge in [-0.1, -0.05) is 26.1 Å². The third-order valence-electron chi connectivity index (χ3n) is 2.66. The van der Waals surface area contributed by atoms with Crippen LogP contribution in [0.3, 0.4) is 0 Å². The summed E-state index contributed by atoms with van der Waals surface area (Å²) in [5.74, 6) is -0.430. The number of H-pyrrole nitrogens is 1. The van der Waals surface area contributed by atoms with Crippen LogP contribution in [0.15, 0.2) is 17.1 Å². The summed E-state index contributed by atoms with van der Waals surface area (Å²) >= 11 is 4.90. The Morgan fingerprint density at radius 3 is 2.67 bits per heavy atom. The molecule has 4 N–H and O–H groups in total. The topological polar surface area (TPSA) is 88.0 Å². The summed E-state index contributed by atoms with van der Waals surface area (Å²) in [4.78, 5) is 26.6. The zero-order valence-corrected chi connectivity index (χ0v) is 11.5. The number of aromatic nitrogens is 1. The van der Waals surface area contributed by atoms with E-state index >= 15 is 0 Å². The molecule has 1 aromatic rings. The molecule has 1 amide bonds. The van der Waals surface area contributed by atoms with Crippen LogP contribution < -0.4 is 16.5 Å². The number of aryl methyl sites for hydroxylation is 1. The van der Waals surface area contributed by atoms with Crippen molar-refractivity contribution < 1.29 is 4.79 Å². The number of hydrogen-bond donors (Lipinski definition) is 3. The Morgan fingerprint density at radius 2 is 2.17 bits per heavy atom. The molecule has 0 radical (unpaired) electrons. The van der Waals surface area contributed by atoms with E-state index in [-0.39, 0.29) is 17.5 Å². The molecule has 0 aromatic carbocycles. The lowest BCUT2D eigenvalue weighted by Crippen LogP contribution is -2.42. The molecule has 1 aromatic heterocycles. The molecule has 98 valence electrons. The first-order valence-electron chi connectivity index (χ1n) is 5.51. The average molecular weight is 267 g/mol. The van der Waals surface area contributed by atoms with Gasteiger partial charge in [-0.05, 0) is 6.92 Å². The van der Waals surface area contributed by atoms with Gasteiger partial charge in [-0.2, -0.15) is 0 Å². The van der Waals surface area contributed by atoms with Gasteiger partial charge >= 0.3 is 0 Å². The lowest BCUT2D eigenvalue weighted by Gasteiger charge is -2.23. The van der Waals surface area contributed by atoms with Gasteiger partial charge < -0.3 is 16.0 Å². The van der Waals surface area contributed by atoms with Gasteiger partial charge in [-0.25, -0.2) is 0 Å². The van der Waals surface area contributed by atoms with Crippen molar-refractivity contribution in [3.8, 4) is 0 Å².